The lowest BCUT2D eigenvalue weighted by atomic mass is 10.00. The molecule has 2 heterocycles. The van der Waals surface area contributed by atoms with Gasteiger partial charge in [-0.15, -0.1) is 11.8 Å². The van der Waals surface area contributed by atoms with Crippen molar-refractivity contribution in [1.82, 2.24) is 5.32 Å². The van der Waals surface area contributed by atoms with Crippen LogP contribution < -0.4 is 15.4 Å². The average molecular weight is 354 g/mol. The number of thioether (sulfide) groups is 1. The third-order valence-electron chi connectivity index (χ3n) is 4.37. The van der Waals surface area contributed by atoms with Gasteiger partial charge in [-0.3, -0.25) is 9.59 Å². The number of benzene rings is 2. The minimum atomic E-state index is -0.145. The zero-order valence-corrected chi connectivity index (χ0v) is 14.4. The molecule has 0 unspecified atom stereocenters. The quantitative estimate of drug-likeness (QED) is 0.868. The summed E-state index contributed by atoms with van der Waals surface area (Å²) >= 11 is 1.63. The molecule has 6 heteroatoms. The standard InChI is InChI=1S/C19H18N2O3S/c22-18-8-10-25-17-6-5-12(11-15(17)20-18)19(23)21-14-7-9-24-16-4-2-1-3-13(14)16/h1-6,11,14H,7-10H2,(H,20,22)(H,21,23)/t14-/m0/s1. The Hall–Kier alpha value is -2.47. The highest BCUT2D eigenvalue weighted by Gasteiger charge is 2.23. The Bertz CT molecular complexity index is 837. The Labute approximate surface area is 150 Å². The summed E-state index contributed by atoms with van der Waals surface area (Å²) in [6.45, 7) is 0.582. The van der Waals surface area contributed by atoms with E-state index in [1.807, 2.05) is 36.4 Å². The lowest BCUT2D eigenvalue weighted by molar-refractivity contribution is -0.115. The van der Waals surface area contributed by atoms with Crippen LogP contribution in [0.5, 0.6) is 5.75 Å². The van der Waals surface area contributed by atoms with E-state index in [0.717, 1.165) is 28.4 Å². The molecule has 0 fully saturated rings. The topological polar surface area (TPSA) is 67.4 Å². The van der Waals surface area contributed by atoms with Crippen molar-refractivity contribution in [3.8, 4) is 5.75 Å². The number of carbonyl (C=O) groups excluding carboxylic acids is 2. The second-order valence-corrected chi connectivity index (χ2v) is 7.20. The lowest BCUT2D eigenvalue weighted by Crippen LogP contribution is -2.32. The first-order valence-electron chi connectivity index (χ1n) is 8.30. The van der Waals surface area contributed by atoms with Crippen LogP contribution in [0.15, 0.2) is 47.4 Å². The summed E-state index contributed by atoms with van der Waals surface area (Å²) in [7, 11) is 0. The zero-order valence-electron chi connectivity index (χ0n) is 13.6. The number of hydrogen-bond donors (Lipinski definition) is 2. The molecular weight excluding hydrogens is 336 g/mol. The fourth-order valence-electron chi connectivity index (χ4n) is 3.09. The first kappa shape index (κ1) is 16.0. The van der Waals surface area contributed by atoms with Gasteiger partial charge in [0.25, 0.3) is 5.91 Å². The van der Waals surface area contributed by atoms with E-state index in [1.165, 1.54) is 0 Å². The number of para-hydroxylation sites is 1. The molecule has 0 bridgehead atoms. The molecule has 2 aliphatic heterocycles. The molecule has 25 heavy (non-hydrogen) atoms. The van der Waals surface area contributed by atoms with Gasteiger partial charge in [-0.2, -0.15) is 0 Å². The Morgan fingerprint density at radius 2 is 2.12 bits per heavy atom. The van der Waals surface area contributed by atoms with E-state index in [0.29, 0.717) is 24.3 Å². The second kappa shape index (κ2) is 6.80. The third-order valence-corrected chi connectivity index (χ3v) is 5.44. The van der Waals surface area contributed by atoms with E-state index in [9.17, 15) is 9.59 Å². The number of hydrogen-bond acceptors (Lipinski definition) is 4. The number of fused-ring (bicyclic) bond motifs is 2. The van der Waals surface area contributed by atoms with Crippen LogP contribution in [-0.4, -0.2) is 24.2 Å². The van der Waals surface area contributed by atoms with Gasteiger partial charge in [0, 0.05) is 34.6 Å². The van der Waals surface area contributed by atoms with Gasteiger partial charge >= 0.3 is 0 Å². The number of ether oxygens (including phenoxy) is 1. The largest absolute Gasteiger partial charge is 0.493 e. The Balaban J connectivity index is 1.55. The molecule has 1 atom stereocenters. The summed E-state index contributed by atoms with van der Waals surface area (Å²) in [5, 5.41) is 5.96. The monoisotopic (exact) mass is 354 g/mol. The molecular formula is C19H18N2O3S. The fraction of sp³-hybridized carbons (Fsp3) is 0.263. The van der Waals surface area contributed by atoms with Gasteiger partial charge in [-0.05, 0) is 24.3 Å². The van der Waals surface area contributed by atoms with Crippen molar-refractivity contribution in [3.63, 3.8) is 0 Å². The number of nitrogens with one attached hydrogen (secondary N) is 2. The van der Waals surface area contributed by atoms with E-state index >= 15 is 0 Å². The molecule has 0 aromatic heterocycles. The van der Waals surface area contributed by atoms with Gasteiger partial charge < -0.3 is 15.4 Å². The maximum atomic E-state index is 12.7. The number of amides is 2. The normalized spacial score (nSPS) is 18.9. The van der Waals surface area contributed by atoms with E-state index < -0.39 is 0 Å². The summed E-state index contributed by atoms with van der Waals surface area (Å²) in [4.78, 5) is 25.4. The molecule has 4 rings (SSSR count). The van der Waals surface area contributed by atoms with E-state index in [-0.39, 0.29) is 17.9 Å². The van der Waals surface area contributed by atoms with Crippen LogP contribution in [-0.2, 0) is 4.79 Å². The summed E-state index contributed by atoms with van der Waals surface area (Å²) in [6.07, 6.45) is 1.22. The second-order valence-electron chi connectivity index (χ2n) is 6.06. The maximum absolute atomic E-state index is 12.7. The number of rotatable bonds is 2. The van der Waals surface area contributed by atoms with Gasteiger partial charge in [0.05, 0.1) is 18.3 Å². The molecule has 2 amide bonds. The van der Waals surface area contributed by atoms with Gasteiger partial charge in [-0.25, -0.2) is 0 Å². The maximum Gasteiger partial charge on any atom is 0.251 e. The van der Waals surface area contributed by atoms with Crippen LogP contribution in [0, 0.1) is 0 Å². The van der Waals surface area contributed by atoms with Crippen molar-refractivity contribution < 1.29 is 14.3 Å². The molecule has 0 saturated carbocycles. The van der Waals surface area contributed by atoms with Crippen molar-refractivity contribution in [3.05, 3.63) is 53.6 Å². The van der Waals surface area contributed by atoms with Crippen molar-refractivity contribution in [2.24, 2.45) is 0 Å². The first-order valence-corrected chi connectivity index (χ1v) is 9.28. The van der Waals surface area contributed by atoms with Gasteiger partial charge in [0.2, 0.25) is 5.91 Å². The highest BCUT2D eigenvalue weighted by Crippen LogP contribution is 2.33. The highest BCUT2D eigenvalue weighted by molar-refractivity contribution is 7.99. The molecule has 2 aromatic carbocycles. The predicted octanol–water partition coefficient (Wildman–Crippen LogP) is 3.37. The van der Waals surface area contributed by atoms with Gasteiger partial charge in [0.1, 0.15) is 5.75 Å². The lowest BCUT2D eigenvalue weighted by Gasteiger charge is -2.26. The number of carbonyl (C=O) groups is 2. The van der Waals surface area contributed by atoms with Crippen LogP contribution in [0.4, 0.5) is 5.69 Å². The van der Waals surface area contributed by atoms with Crippen LogP contribution in [0.3, 0.4) is 0 Å². The molecule has 128 valence electrons. The first-order chi connectivity index (χ1) is 12.2. The fourth-order valence-corrected chi connectivity index (χ4v) is 4.03. The molecule has 0 aliphatic carbocycles. The number of anilines is 1. The summed E-state index contributed by atoms with van der Waals surface area (Å²) in [5.41, 5.74) is 2.26. The Morgan fingerprint density at radius 3 is 3.04 bits per heavy atom. The van der Waals surface area contributed by atoms with Crippen LogP contribution >= 0.6 is 11.8 Å². The predicted molar refractivity (Wildman–Crippen MR) is 97.2 cm³/mol. The van der Waals surface area contributed by atoms with Crippen molar-refractivity contribution in [1.29, 1.82) is 0 Å². The SMILES string of the molecule is O=C1CCSc2ccc(C(=O)N[C@H]3CCOc4ccccc43)cc2N1. The minimum absolute atomic E-state index is 0.0119. The van der Waals surface area contributed by atoms with E-state index in [4.69, 9.17) is 4.74 Å². The van der Waals surface area contributed by atoms with E-state index in [2.05, 4.69) is 10.6 Å². The summed E-state index contributed by atoms with van der Waals surface area (Å²) in [5.74, 6) is 1.42. The van der Waals surface area contributed by atoms with Gasteiger partial charge in [-0.1, -0.05) is 18.2 Å². The molecule has 2 N–H and O–H groups in total. The van der Waals surface area contributed by atoms with Crippen LogP contribution in [0.2, 0.25) is 0 Å². The minimum Gasteiger partial charge on any atom is -0.493 e. The third kappa shape index (κ3) is 3.35. The van der Waals surface area contributed by atoms with Crippen molar-refractivity contribution in [2.75, 3.05) is 17.7 Å². The molecule has 2 aromatic rings. The summed E-state index contributed by atoms with van der Waals surface area (Å²) < 4.78 is 5.64. The van der Waals surface area contributed by atoms with E-state index in [1.54, 1.807) is 17.8 Å². The van der Waals surface area contributed by atoms with Crippen molar-refractivity contribution >= 4 is 29.3 Å². The van der Waals surface area contributed by atoms with Gasteiger partial charge in [0.15, 0.2) is 0 Å². The Morgan fingerprint density at radius 1 is 1.24 bits per heavy atom. The molecule has 0 radical (unpaired) electrons. The van der Waals surface area contributed by atoms with Crippen LogP contribution in [0.1, 0.15) is 34.8 Å². The summed E-state index contributed by atoms with van der Waals surface area (Å²) in [6, 6.07) is 13.2. The molecule has 5 nitrogen and oxygen atoms in total. The zero-order chi connectivity index (χ0) is 17.2. The Kier molecular flexibility index (Phi) is 4.36. The highest BCUT2D eigenvalue weighted by atomic mass is 32.2. The molecule has 0 saturated heterocycles. The van der Waals surface area contributed by atoms with Crippen LogP contribution in [0.25, 0.3) is 0 Å². The molecule has 0 spiro atoms. The van der Waals surface area contributed by atoms with Crippen molar-refractivity contribution in [2.45, 2.75) is 23.8 Å². The molecule has 2 aliphatic rings. The smallest absolute Gasteiger partial charge is 0.251 e. The average Bonchev–Trinajstić information content (AvgIpc) is 2.81.